The van der Waals surface area contributed by atoms with Crippen LogP contribution in [0.3, 0.4) is 0 Å². The molecule has 142 valence electrons. The van der Waals surface area contributed by atoms with E-state index in [-0.39, 0.29) is 22.9 Å². The zero-order valence-electron chi connectivity index (χ0n) is 14.3. The van der Waals surface area contributed by atoms with Gasteiger partial charge in [0.05, 0.1) is 23.5 Å². The fraction of sp³-hybridized carbons (Fsp3) is 0.167. The minimum Gasteiger partial charge on any atom is -0.503 e. The van der Waals surface area contributed by atoms with Crippen LogP contribution >= 0.6 is 27.5 Å². The first-order valence-corrected chi connectivity index (χ1v) is 9.09. The van der Waals surface area contributed by atoms with Crippen molar-refractivity contribution in [3.8, 4) is 11.5 Å². The second-order valence-electron chi connectivity index (χ2n) is 5.28. The van der Waals surface area contributed by atoms with Crippen LogP contribution in [0.1, 0.15) is 18.9 Å². The number of carbonyl (C=O) groups is 2. The number of halogens is 2. The lowest BCUT2D eigenvalue weighted by atomic mass is 10.2. The number of benzene rings is 2. The van der Waals surface area contributed by atoms with E-state index in [0.717, 1.165) is 0 Å². The lowest BCUT2D eigenvalue weighted by Gasteiger charge is -2.08. The number of para-hydroxylation sites is 1. The molecule has 0 aliphatic heterocycles. The topological polar surface area (TPSA) is 100 Å². The molecule has 3 N–H and O–H groups in total. The van der Waals surface area contributed by atoms with Gasteiger partial charge in [-0.15, -0.1) is 0 Å². The van der Waals surface area contributed by atoms with Gasteiger partial charge >= 0.3 is 0 Å². The van der Waals surface area contributed by atoms with Crippen LogP contribution in [0.15, 0.2) is 46.0 Å². The average Bonchev–Trinajstić information content (AvgIpc) is 2.61. The van der Waals surface area contributed by atoms with Crippen LogP contribution in [0.2, 0.25) is 5.02 Å². The van der Waals surface area contributed by atoms with Gasteiger partial charge < -0.3 is 15.2 Å². The van der Waals surface area contributed by atoms with Crippen molar-refractivity contribution in [3.63, 3.8) is 0 Å². The van der Waals surface area contributed by atoms with Crippen LogP contribution in [-0.2, 0) is 9.59 Å². The van der Waals surface area contributed by atoms with E-state index in [0.29, 0.717) is 22.3 Å². The van der Waals surface area contributed by atoms with Gasteiger partial charge in [-0.2, -0.15) is 5.10 Å². The van der Waals surface area contributed by atoms with Crippen LogP contribution in [0, 0.1) is 0 Å². The van der Waals surface area contributed by atoms with Crippen LogP contribution < -0.4 is 15.5 Å². The molecule has 0 saturated heterocycles. The highest BCUT2D eigenvalue weighted by atomic mass is 79.9. The van der Waals surface area contributed by atoms with E-state index in [2.05, 4.69) is 31.8 Å². The SMILES string of the molecule is CCOc1cc(C=NNC(=O)CC(=O)Nc2ccccc2Br)cc(Cl)c1O. The molecule has 2 aromatic rings. The molecule has 0 radical (unpaired) electrons. The van der Waals surface area contributed by atoms with Gasteiger partial charge in [-0.1, -0.05) is 23.7 Å². The number of nitrogens with zero attached hydrogens (tertiary/aromatic N) is 1. The third-order valence-electron chi connectivity index (χ3n) is 3.22. The van der Waals surface area contributed by atoms with Gasteiger partial charge in [-0.05, 0) is 52.7 Å². The monoisotopic (exact) mass is 453 g/mol. The summed E-state index contributed by atoms with van der Waals surface area (Å²) in [6.07, 6.45) is 0.941. The number of amides is 2. The zero-order valence-corrected chi connectivity index (χ0v) is 16.7. The maximum Gasteiger partial charge on any atom is 0.249 e. The van der Waals surface area contributed by atoms with Crippen LogP contribution in [0.4, 0.5) is 5.69 Å². The quantitative estimate of drug-likeness (QED) is 0.337. The van der Waals surface area contributed by atoms with E-state index in [1.807, 2.05) is 6.07 Å². The van der Waals surface area contributed by atoms with Crippen molar-refractivity contribution >= 4 is 51.2 Å². The van der Waals surface area contributed by atoms with Crippen LogP contribution in [0.25, 0.3) is 0 Å². The van der Waals surface area contributed by atoms with Gasteiger partial charge in [0.2, 0.25) is 11.8 Å². The first-order chi connectivity index (χ1) is 12.9. The number of phenolic OH excluding ortho intramolecular Hbond substituents is 1. The van der Waals surface area contributed by atoms with Crippen molar-refractivity contribution in [2.45, 2.75) is 13.3 Å². The Kier molecular flexibility index (Phi) is 7.63. The summed E-state index contributed by atoms with van der Waals surface area (Å²) >= 11 is 9.23. The molecule has 27 heavy (non-hydrogen) atoms. The molecular weight excluding hydrogens is 438 g/mol. The largest absolute Gasteiger partial charge is 0.503 e. The molecule has 0 spiro atoms. The highest BCUT2D eigenvalue weighted by Crippen LogP contribution is 2.34. The zero-order chi connectivity index (χ0) is 19.8. The molecule has 0 bridgehead atoms. The molecule has 2 rings (SSSR count). The molecule has 0 atom stereocenters. The van der Waals surface area contributed by atoms with Gasteiger partial charge in [-0.3, -0.25) is 9.59 Å². The lowest BCUT2D eigenvalue weighted by Crippen LogP contribution is -2.24. The molecule has 9 heteroatoms. The number of anilines is 1. The Balaban J connectivity index is 1.91. The maximum absolute atomic E-state index is 11.9. The van der Waals surface area contributed by atoms with Crippen molar-refractivity contribution in [3.05, 3.63) is 51.5 Å². The minimum atomic E-state index is -0.578. The van der Waals surface area contributed by atoms with Gasteiger partial charge in [0.15, 0.2) is 11.5 Å². The summed E-state index contributed by atoms with van der Waals surface area (Å²) in [5.74, 6) is -0.999. The summed E-state index contributed by atoms with van der Waals surface area (Å²) in [6, 6.07) is 10.1. The van der Waals surface area contributed by atoms with E-state index in [4.69, 9.17) is 16.3 Å². The summed E-state index contributed by atoms with van der Waals surface area (Å²) in [7, 11) is 0. The van der Waals surface area contributed by atoms with Crippen molar-refractivity contribution in [1.82, 2.24) is 5.43 Å². The van der Waals surface area contributed by atoms with E-state index in [9.17, 15) is 14.7 Å². The summed E-state index contributed by atoms with van der Waals surface area (Å²) in [5, 5.41) is 16.3. The molecule has 0 saturated carbocycles. The Labute approximate surface area is 169 Å². The Morgan fingerprint density at radius 3 is 2.74 bits per heavy atom. The smallest absolute Gasteiger partial charge is 0.249 e. The lowest BCUT2D eigenvalue weighted by molar-refractivity contribution is -0.126. The number of phenols is 1. The van der Waals surface area contributed by atoms with Crippen LogP contribution in [0.5, 0.6) is 11.5 Å². The third-order valence-corrected chi connectivity index (χ3v) is 4.20. The molecule has 0 aliphatic carbocycles. The summed E-state index contributed by atoms with van der Waals surface area (Å²) in [5.41, 5.74) is 3.34. The standard InChI is InChI=1S/C18H17BrClN3O4/c1-2-27-15-8-11(7-13(20)18(15)26)10-21-23-17(25)9-16(24)22-14-6-4-3-5-12(14)19/h3-8,10,26H,2,9H2,1H3,(H,22,24)(H,23,25). The van der Waals surface area contributed by atoms with Crippen molar-refractivity contribution in [2.75, 3.05) is 11.9 Å². The van der Waals surface area contributed by atoms with Gasteiger partial charge in [0.1, 0.15) is 6.42 Å². The second-order valence-corrected chi connectivity index (χ2v) is 6.54. The van der Waals surface area contributed by atoms with Crippen molar-refractivity contribution in [2.24, 2.45) is 5.10 Å². The van der Waals surface area contributed by atoms with Gasteiger partial charge in [0, 0.05) is 4.47 Å². The maximum atomic E-state index is 11.9. The number of aromatic hydroxyl groups is 1. The molecular formula is C18H17BrClN3O4. The Hall–Kier alpha value is -2.58. The molecule has 2 aromatic carbocycles. The minimum absolute atomic E-state index is 0.0987. The summed E-state index contributed by atoms with van der Waals surface area (Å²) < 4.78 is 5.98. The number of carbonyl (C=O) groups excluding carboxylic acids is 2. The summed E-state index contributed by atoms with van der Waals surface area (Å²) in [4.78, 5) is 23.7. The number of ether oxygens (including phenoxy) is 1. The Morgan fingerprint density at radius 2 is 2.04 bits per heavy atom. The fourth-order valence-corrected chi connectivity index (χ4v) is 2.66. The first kappa shape index (κ1) is 20.7. The number of hydrogen-bond donors (Lipinski definition) is 3. The van der Waals surface area contributed by atoms with E-state index >= 15 is 0 Å². The Morgan fingerprint density at radius 1 is 1.30 bits per heavy atom. The highest BCUT2D eigenvalue weighted by Gasteiger charge is 2.11. The third kappa shape index (κ3) is 6.26. The van der Waals surface area contributed by atoms with E-state index in [1.54, 1.807) is 25.1 Å². The second kappa shape index (κ2) is 9.94. The van der Waals surface area contributed by atoms with Gasteiger partial charge in [-0.25, -0.2) is 5.43 Å². The first-order valence-electron chi connectivity index (χ1n) is 7.92. The van der Waals surface area contributed by atoms with Crippen molar-refractivity contribution in [1.29, 1.82) is 0 Å². The normalized spacial score (nSPS) is 10.6. The molecule has 7 nitrogen and oxygen atoms in total. The molecule has 0 heterocycles. The highest BCUT2D eigenvalue weighted by molar-refractivity contribution is 9.10. The molecule has 0 aromatic heterocycles. The molecule has 2 amide bonds. The predicted molar refractivity (Wildman–Crippen MR) is 107 cm³/mol. The fourth-order valence-electron chi connectivity index (χ4n) is 2.05. The molecule has 0 fully saturated rings. The van der Waals surface area contributed by atoms with Gasteiger partial charge in [0.25, 0.3) is 0 Å². The van der Waals surface area contributed by atoms with Crippen molar-refractivity contribution < 1.29 is 19.4 Å². The number of hydrogen-bond acceptors (Lipinski definition) is 5. The average molecular weight is 455 g/mol. The molecule has 0 aliphatic rings. The van der Waals surface area contributed by atoms with Crippen LogP contribution in [-0.4, -0.2) is 29.7 Å². The van der Waals surface area contributed by atoms with E-state index in [1.165, 1.54) is 18.3 Å². The Bertz CT molecular complexity index is 874. The number of rotatable bonds is 7. The number of nitrogens with one attached hydrogen (secondary N) is 2. The predicted octanol–water partition coefficient (Wildman–Crippen LogP) is 3.69. The molecule has 0 unspecified atom stereocenters. The van der Waals surface area contributed by atoms with E-state index < -0.39 is 11.8 Å². The summed E-state index contributed by atoms with van der Waals surface area (Å²) in [6.45, 7) is 2.13. The number of hydrazone groups is 1.